The maximum Gasteiger partial charge on any atom is 0.273 e. The molecule has 4 nitrogen and oxygen atoms in total. The predicted molar refractivity (Wildman–Crippen MR) is 78.6 cm³/mol. The Morgan fingerprint density at radius 2 is 1.95 bits per heavy atom. The third kappa shape index (κ3) is 3.91. The van der Waals surface area contributed by atoms with Crippen LogP contribution in [0.5, 0.6) is 0 Å². The first-order chi connectivity index (χ1) is 9.66. The van der Waals surface area contributed by atoms with Crippen LogP contribution >= 0.6 is 11.6 Å². The van der Waals surface area contributed by atoms with Gasteiger partial charge in [0.2, 0.25) is 0 Å². The fourth-order valence-corrected chi connectivity index (χ4v) is 1.80. The van der Waals surface area contributed by atoms with Gasteiger partial charge in [-0.3, -0.25) is 4.79 Å². The van der Waals surface area contributed by atoms with Crippen molar-refractivity contribution in [3.63, 3.8) is 0 Å². The van der Waals surface area contributed by atoms with Crippen LogP contribution in [0.1, 0.15) is 17.2 Å². The summed E-state index contributed by atoms with van der Waals surface area (Å²) in [4.78, 5) is 11.7. The molecule has 0 aliphatic heterocycles. The minimum Gasteiger partial charge on any atom is -0.378 e. The predicted octanol–water partition coefficient (Wildman–Crippen LogP) is 2.52. The highest BCUT2D eigenvalue weighted by molar-refractivity contribution is 6.30. The molecule has 2 aromatic rings. The molecule has 1 amide bonds. The number of aliphatic hydroxyl groups excluding tert-OH is 1. The number of aliphatic hydroxyl groups is 1. The van der Waals surface area contributed by atoms with Crippen molar-refractivity contribution < 1.29 is 9.90 Å². The van der Waals surface area contributed by atoms with E-state index >= 15 is 0 Å². The highest BCUT2D eigenvalue weighted by Crippen LogP contribution is 2.12. The second kappa shape index (κ2) is 6.84. The SMILES string of the molecule is O=C(NN=Cc1cccc(Cl)c1)C(O)c1ccccc1. The molecule has 2 rings (SSSR count). The quantitative estimate of drug-likeness (QED) is 0.671. The lowest BCUT2D eigenvalue weighted by Crippen LogP contribution is -2.25. The summed E-state index contributed by atoms with van der Waals surface area (Å²) in [7, 11) is 0. The molecule has 0 heterocycles. The average Bonchev–Trinajstić information content (AvgIpc) is 2.47. The van der Waals surface area contributed by atoms with E-state index in [9.17, 15) is 9.90 Å². The number of nitrogens with one attached hydrogen (secondary N) is 1. The van der Waals surface area contributed by atoms with Crippen LogP contribution < -0.4 is 5.43 Å². The first kappa shape index (κ1) is 14.2. The average molecular weight is 289 g/mol. The van der Waals surface area contributed by atoms with Crippen molar-refractivity contribution in [2.75, 3.05) is 0 Å². The molecule has 0 radical (unpaired) electrons. The lowest BCUT2D eigenvalue weighted by atomic mass is 10.1. The molecule has 5 heteroatoms. The van der Waals surface area contributed by atoms with Crippen molar-refractivity contribution in [1.82, 2.24) is 5.43 Å². The van der Waals surface area contributed by atoms with Gasteiger partial charge in [0, 0.05) is 5.02 Å². The summed E-state index contributed by atoms with van der Waals surface area (Å²) in [5.41, 5.74) is 3.56. The van der Waals surface area contributed by atoms with E-state index in [1.807, 2.05) is 6.07 Å². The molecule has 102 valence electrons. The van der Waals surface area contributed by atoms with Crippen molar-refractivity contribution >= 4 is 23.7 Å². The van der Waals surface area contributed by atoms with Crippen LogP contribution in [0.15, 0.2) is 59.7 Å². The third-order valence-electron chi connectivity index (χ3n) is 2.60. The highest BCUT2D eigenvalue weighted by atomic mass is 35.5. The number of hydrazone groups is 1. The molecule has 0 aliphatic rings. The zero-order valence-corrected chi connectivity index (χ0v) is 11.3. The number of nitrogens with zero attached hydrogens (tertiary/aromatic N) is 1. The number of carbonyl (C=O) groups is 1. The molecule has 1 atom stereocenters. The Balaban J connectivity index is 1.95. The summed E-state index contributed by atoms with van der Waals surface area (Å²) in [6.45, 7) is 0. The Bertz CT molecular complexity index is 614. The van der Waals surface area contributed by atoms with Gasteiger partial charge in [0.25, 0.3) is 5.91 Å². The summed E-state index contributed by atoms with van der Waals surface area (Å²) in [6.07, 6.45) is 0.217. The normalized spacial score (nSPS) is 12.3. The Hall–Kier alpha value is -2.17. The van der Waals surface area contributed by atoms with Crippen molar-refractivity contribution in [2.24, 2.45) is 5.10 Å². The Labute approximate surface area is 121 Å². The Morgan fingerprint density at radius 1 is 1.20 bits per heavy atom. The van der Waals surface area contributed by atoms with Crippen molar-refractivity contribution in [3.05, 3.63) is 70.7 Å². The van der Waals surface area contributed by atoms with Gasteiger partial charge in [0.1, 0.15) is 0 Å². The number of hydrogen-bond acceptors (Lipinski definition) is 3. The van der Waals surface area contributed by atoms with Crippen molar-refractivity contribution in [2.45, 2.75) is 6.10 Å². The van der Waals surface area contributed by atoms with Gasteiger partial charge in [-0.15, -0.1) is 0 Å². The van der Waals surface area contributed by atoms with Gasteiger partial charge in [-0.05, 0) is 23.3 Å². The van der Waals surface area contributed by atoms with E-state index in [1.54, 1.807) is 48.5 Å². The Kier molecular flexibility index (Phi) is 4.87. The monoisotopic (exact) mass is 288 g/mol. The Morgan fingerprint density at radius 3 is 2.65 bits per heavy atom. The summed E-state index contributed by atoms with van der Waals surface area (Å²) >= 11 is 5.83. The molecule has 2 aromatic carbocycles. The first-order valence-corrected chi connectivity index (χ1v) is 6.36. The highest BCUT2D eigenvalue weighted by Gasteiger charge is 2.15. The largest absolute Gasteiger partial charge is 0.378 e. The lowest BCUT2D eigenvalue weighted by Gasteiger charge is -2.08. The van der Waals surface area contributed by atoms with Gasteiger partial charge in [-0.25, -0.2) is 5.43 Å². The molecule has 0 fully saturated rings. The number of rotatable bonds is 4. The molecule has 0 saturated heterocycles. The van der Waals surface area contributed by atoms with Crippen LogP contribution in [-0.2, 0) is 4.79 Å². The van der Waals surface area contributed by atoms with Crippen LogP contribution in [0.2, 0.25) is 5.02 Å². The first-order valence-electron chi connectivity index (χ1n) is 5.98. The molecule has 0 aliphatic carbocycles. The molecule has 2 N–H and O–H groups in total. The van der Waals surface area contributed by atoms with Crippen molar-refractivity contribution in [1.29, 1.82) is 0 Å². The van der Waals surface area contributed by atoms with E-state index in [0.717, 1.165) is 5.56 Å². The minimum absolute atomic E-state index is 0.517. The summed E-state index contributed by atoms with van der Waals surface area (Å²) < 4.78 is 0. The van der Waals surface area contributed by atoms with Gasteiger partial charge in [0.05, 0.1) is 6.21 Å². The molecule has 20 heavy (non-hydrogen) atoms. The molecular weight excluding hydrogens is 276 g/mol. The third-order valence-corrected chi connectivity index (χ3v) is 2.84. The second-order valence-electron chi connectivity index (χ2n) is 4.10. The zero-order chi connectivity index (χ0) is 14.4. The van der Waals surface area contributed by atoms with E-state index in [0.29, 0.717) is 10.6 Å². The number of carbonyl (C=O) groups excluding carboxylic acids is 1. The van der Waals surface area contributed by atoms with E-state index in [2.05, 4.69) is 10.5 Å². The minimum atomic E-state index is -1.24. The molecule has 0 saturated carbocycles. The number of amides is 1. The maximum atomic E-state index is 11.7. The van der Waals surface area contributed by atoms with Crippen LogP contribution in [-0.4, -0.2) is 17.2 Å². The number of benzene rings is 2. The molecular formula is C15H13ClN2O2. The number of hydrogen-bond donors (Lipinski definition) is 2. The van der Waals surface area contributed by atoms with Gasteiger partial charge >= 0.3 is 0 Å². The van der Waals surface area contributed by atoms with Crippen LogP contribution in [0.25, 0.3) is 0 Å². The fraction of sp³-hybridized carbons (Fsp3) is 0.0667. The molecule has 1 unspecified atom stereocenters. The van der Waals surface area contributed by atoms with Crippen LogP contribution in [0.3, 0.4) is 0 Å². The van der Waals surface area contributed by atoms with Gasteiger partial charge < -0.3 is 5.11 Å². The number of halogens is 1. The molecule has 0 aromatic heterocycles. The molecule has 0 bridgehead atoms. The van der Waals surface area contributed by atoms with Crippen molar-refractivity contribution in [3.8, 4) is 0 Å². The topological polar surface area (TPSA) is 61.7 Å². The smallest absolute Gasteiger partial charge is 0.273 e. The van der Waals surface area contributed by atoms with Crippen LogP contribution in [0.4, 0.5) is 0 Å². The van der Waals surface area contributed by atoms with E-state index < -0.39 is 12.0 Å². The molecule has 0 spiro atoms. The second-order valence-corrected chi connectivity index (χ2v) is 4.54. The van der Waals surface area contributed by atoms with Gasteiger partial charge in [0.15, 0.2) is 6.10 Å². The summed E-state index contributed by atoms with van der Waals surface area (Å²) in [5, 5.41) is 14.2. The van der Waals surface area contributed by atoms with Gasteiger partial charge in [-0.1, -0.05) is 54.1 Å². The van der Waals surface area contributed by atoms with Crippen LogP contribution in [0, 0.1) is 0 Å². The lowest BCUT2D eigenvalue weighted by molar-refractivity contribution is -0.129. The summed E-state index contributed by atoms with van der Waals surface area (Å²) in [6, 6.07) is 15.7. The maximum absolute atomic E-state index is 11.7. The summed E-state index contributed by atoms with van der Waals surface area (Å²) in [5.74, 6) is -0.588. The standard InChI is InChI=1S/C15H13ClN2O2/c16-13-8-4-5-11(9-13)10-17-18-15(20)14(19)12-6-2-1-3-7-12/h1-10,14,19H,(H,18,20). The van der Waals surface area contributed by atoms with E-state index in [4.69, 9.17) is 11.6 Å². The fourth-order valence-electron chi connectivity index (χ4n) is 1.61. The van der Waals surface area contributed by atoms with E-state index in [1.165, 1.54) is 6.21 Å². The zero-order valence-electron chi connectivity index (χ0n) is 10.5. The van der Waals surface area contributed by atoms with E-state index in [-0.39, 0.29) is 0 Å². The van der Waals surface area contributed by atoms with Gasteiger partial charge in [-0.2, -0.15) is 5.10 Å².